The average Bonchev–Trinajstić information content (AvgIpc) is 2.17. The van der Waals surface area contributed by atoms with Crippen LogP contribution in [0.3, 0.4) is 0 Å². The Bertz CT molecular complexity index is 397. The van der Waals surface area contributed by atoms with Crippen LogP contribution in [0, 0.1) is 0 Å². The van der Waals surface area contributed by atoms with Crippen molar-refractivity contribution in [2.75, 3.05) is 7.11 Å². The zero-order valence-electron chi connectivity index (χ0n) is 7.28. The maximum absolute atomic E-state index is 11.7. The zero-order valence-corrected chi connectivity index (χ0v) is 12.4. The SMILES string of the molecule is COc1ccc(S(=O)(=O)C(I)I)cc1. The number of benzene rings is 1. The molecule has 0 heterocycles. The molecule has 0 aliphatic carbocycles. The largest absolute Gasteiger partial charge is 0.497 e. The summed E-state index contributed by atoms with van der Waals surface area (Å²) >= 11 is 3.75. The number of halogens is 2. The van der Waals surface area contributed by atoms with Crippen LogP contribution in [-0.2, 0) is 9.84 Å². The van der Waals surface area contributed by atoms with E-state index in [1.165, 1.54) is 0 Å². The molecule has 0 amide bonds. The molecule has 6 heteroatoms. The van der Waals surface area contributed by atoms with E-state index in [9.17, 15) is 8.42 Å². The molecule has 0 unspecified atom stereocenters. The fourth-order valence-electron chi connectivity index (χ4n) is 0.868. The van der Waals surface area contributed by atoms with Crippen molar-refractivity contribution < 1.29 is 13.2 Å². The van der Waals surface area contributed by atoms with Crippen LogP contribution in [0.25, 0.3) is 0 Å². The molecule has 0 saturated carbocycles. The lowest BCUT2D eigenvalue weighted by Crippen LogP contribution is -2.07. The van der Waals surface area contributed by atoms with E-state index >= 15 is 0 Å². The van der Waals surface area contributed by atoms with Crippen LogP contribution in [0.5, 0.6) is 5.75 Å². The minimum absolute atomic E-state index is 0.326. The highest BCUT2D eigenvalue weighted by Gasteiger charge is 2.21. The maximum Gasteiger partial charge on any atom is 0.199 e. The van der Waals surface area contributed by atoms with Gasteiger partial charge in [-0.05, 0) is 24.3 Å². The van der Waals surface area contributed by atoms with Crippen molar-refractivity contribution in [2.45, 2.75) is 6.16 Å². The molecule has 0 aliphatic rings. The van der Waals surface area contributed by atoms with Gasteiger partial charge in [-0.15, -0.1) is 0 Å². The van der Waals surface area contributed by atoms with Gasteiger partial charge in [0.25, 0.3) is 0 Å². The summed E-state index contributed by atoms with van der Waals surface area (Å²) in [6, 6.07) is 6.39. The van der Waals surface area contributed by atoms with Crippen LogP contribution in [0.15, 0.2) is 29.2 Å². The number of hydrogen-bond donors (Lipinski definition) is 0. The van der Waals surface area contributed by atoms with E-state index in [1.807, 2.05) is 45.2 Å². The summed E-state index contributed by atoms with van der Waals surface area (Å²) in [6.45, 7) is 0. The smallest absolute Gasteiger partial charge is 0.199 e. The third kappa shape index (κ3) is 2.72. The summed E-state index contributed by atoms with van der Waals surface area (Å²) in [6.07, 6.45) is 0. The summed E-state index contributed by atoms with van der Waals surface area (Å²) in [5.41, 5.74) is 0. The minimum Gasteiger partial charge on any atom is -0.497 e. The van der Waals surface area contributed by atoms with E-state index in [2.05, 4.69) is 0 Å². The van der Waals surface area contributed by atoms with Crippen LogP contribution in [0.2, 0.25) is 0 Å². The van der Waals surface area contributed by atoms with Crippen molar-refractivity contribution in [2.24, 2.45) is 0 Å². The highest BCUT2D eigenvalue weighted by molar-refractivity contribution is 14.2. The molecule has 3 nitrogen and oxygen atoms in total. The van der Waals surface area contributed by atoms with Crippen molar-refractivity contribution in [3.63, 3.8) is 0 Å². The van der Waals surface area contributed by atoms with Gasteiger partial charge in [-0.1, -0.05) is 45.2 Å². The normalized spacial score (nSPS) is 11.7. The molecule has 1 rings (SSSR count). The Balaban J connectivity index is 3.10. The molecule has 0 spiro atoms. The number of sulfone groups is 1. The summed E-state index contributed by atoms with van der Waals surface area (Å²) in [7, 11) is -1.64. The van der Waals surface area contributed by atoms with Crippen molar-refractivity contribution in [1.29, 1.82) is 0 Å². The zero-order chi connectivity index (χ0) is 10.8. The van der Waals surface area contributed by atoms with Gasteiger partial charge in [0.05, 0.1) is 12.0 Å². The van der Waals surface area contributed by atoms with Gasteiger partial charge in [0, 0.05) is 0 Å². The molecular weight excluding hydrogens is 430 g/mol. The van der Waals surface area contributed by atoms with Crippen molar-refractivity contribution in [1.82, 2.24) is 0 Å². The second-order valence-corrected chi connectivity index (χ2v) is 11.1. The van der Waals surface area contributed by atoms with E-state index < -0.39 is 11.1 Å². The Labute approximate surface area is 110 Å². The lowest BCUT2D eigenvalue weighted by molar-refractivity contribution is 0.414. The van der Waals surface area contributed by atoms with Crippen LogP contribution in [-0.4, -0.2) is 16.8 Å². The van der Waals surface area contributed by atoms with Crippen LogP contribution in [0.4, 0.5) is 0 Å². The number of methoxy groups -OCH3 is 1. The molecule has 0 radical (unpaired) electrons. The van der Waals surface area contributed by atoms with Gasteiger partial charge in [-0.25, -0.2) is 8.42 Å². The molecule has 0 fully saturated rings. The van der Waals surface area contributed by atoms with Crippen LogP contribution >= 0.6 is 45.2 Å². The van der Waals surface area contributed by atoms with Gasteiger partial charge in [0.15, 0.2) is 11.1 Å². The van der Waals surface area contributed by atoms with Gasteiger partial charge < -0.3 is 4.74 Å². The molecule has 1 aromatic rings. The lowest BCUT2D eigenvalue weighted by Gasteiger charge is -2.05. The lowest BCUT2D eigenvalue weighted by atomic mass is 10.3. The van der Waals surface area contributed by atoms with Gasteiger partial charge >= 0.3 is 0 Å². The average molecular weight is 438 g/mol. The topological polar surface area (TPSA) is 43.4 Å². The van der Waals surface area contributed by atoms with Crippen molar-refractivity contribution in [3.8, 4) is 5.75 Å². The fourth-order valence-corrected chi connectivity index (χ4v) is 3.35. The number of rotatable bonds is 3. The highest BCUT2D eigenvalue weighted by Crippen LogP contribution is 2.26. The van der Waals surface area contributed by atoms with Crippen molar-refractivity contribution in [3.05, 3.63) is 24.3 Å². The maximum atomic E-state index is 11.7. The van der Waals surface area contributed by atoms with E-state index in [0.29, 0.717) is 10.6 Å². The van der Waals surface area contributed by atoms with Crippen molar-refractivity contribution >= 4 is 55.0 Å². The van der Waals surface area contributed by atoms with Gasteiger partial charge in [-0.3, -0.25) is 0 Å². The molecule has 0 atom stereocenters. The van der Waals surface area contributed by atoms with Gasteiger partial charge in [0.1, 0.15) is 5.75 Å². The molecule has 0 N–H and O–H groups in total. The Kier molecular flexibility index (Phi) is 4.44. The molecular formula is C8H8I2O3S. The third-order valence-corrected chi connectivity index (χ3v) is 7.04. The molecule has 0 bridgehead atoms. The van der Waals surface area contributed by atoms with Gasteiger partial charge in [-0.2, -0.15) is 0 Å². The number of alkyl halides is 2. The predicted octanol–water partition coefficient (Wildman–Crippen LogP) is 2.62. The van der Waals surface area contributed by atoms with Crippen LogP contribution < -0.4 is 4.74 Å². The minimum atomic E-state index is -3.18. The number of hydrogen-bond acceptors (Lipinski definition) is 3. The van der Waals surface area contributed by atoms with E-state index in [-0.39, 0.29) is 0 Å². The van der Waals surface area contributed by atoms with Gasteiger partial charge in [0.2, 0.25) is 0 Å². The Morgan fingerprint density at radius 2 is 1.71 bits per heavy atom. The molecule has 0 aliphatic heterocycles. The Morgan fingerprint density at radius 1 is 1.21 bits per heavy atom. The first-order valence-corrected chi connectivity index (χ1v) is 7.68. The summed E-state index contributed by atoms with van der Waals surface area (Å²) < 4.78 is 27.8. The first-order chi connectivity index (χ1) is 6.48. The predicted molar refractivity (Wildman–Crippen MR) is 72.0 cm³/mol. The standard InChI is InChI=1S/C8H8I2O3S/c1-13-6-2-4-7(5-3-6)14(11,12)8(9)10/h2-5,8H,1H3. The summed E-state index contributed by atoms with van der Waals surface area (Å²) in [5, 5.41) is 0. The van der Waals surface area contributed by atoms with E-state index in [4.69, 9.17) is 4.74 Å². The quantitative estimate of drug-likeness (QED) is 0.539. The Morgan fingerprint density at radius 3 is 2.07 bits per heavy atom. The molecule has 0 aromatic heterocycles. The fraction of sp³-hybridized carbons (Fsp3) is 0.250. The summed E-state index contributed by atoms with van der Waals surface area (Å²) in [4.78, 5) is 0.326. The second-order valence-electron chi connectivity index (χ2n) is 2.48. The second kappa shape index (κ2) is 4.97. The molecule has 1 aromatic carbocycles. The van der Waals surface area contributed by atoms with Crippen LogP contribution in [0.1, 0.15) is 0 Å². The van der Waals surface area contributed by atoms with E-state index in [0.717, 1.165) is 0 Å². The number of ether oxygens (including phenoxy) is 1. The highest BCUT2D eigenvalue weighted by atomic mass is 127. The molecule has 0 saturated heterocycles. The first kappa shape index (κ1) is 12.5. The molecule has 78 valence electrons. The molecule has 14 heavy (non-hydrogen) atoms. The monoisotopic (exact) mass is 438 g/mol. The van der Waals surface area contributed by atoms with E-state index in [1.54, 1.807) is 31.4 Å². The Hall–Kier alpha value is 0.430. The first-order valence-electron chi connectivity index (χ1n) is 3.64. The third-order valence-electron chi connectivity index (χ3n) is 1.62. The summed E-state index contributed by atoms with van der Waals surface area (Å²) in [5.74, 6) is 0.655.